The van der Waals surface area contributed by atoms with Crippen LogP contribution in [0.1, 0.15) is 168 Å². The van der Waals surface area contributed by atoms with Crippen LogP contribution in [0.5, 0.6) is 0 Å². The summed E-state index contributed by atoms with van der Waals surface area (Å²) in [4.78, 5) is 45.9. The van der Waals surface area contributed by atoms with Crippen LogP contribution in [0, 0.1) is 0 Å². The van der Waals surface area contributed by atoms with Crippen LogP contribution < -0.4 is 5.73 Å². The minimum Gasteiger partial charge on any atom is -0.480 e. The number of hydrogen-bond donors (Lipinski definition) is 3. The number of allylic oxidation sites excluding steroid dienone is 14. The number of rotatable bonds is 41. The standard InChI is InChI=1S/C48H80NO10P/c1-3-5-7-9-11-13-15-17-18-19-20-21-22-23-24-25-26-28-29-31-33-35-37-39-46(50)56-41-44(42-57-60(54,55)58-43-45(49)48(52)53)59-47(51)40-38-36-34-32-30-27-16-14-12-10-8-6-4-2/h5,7,11,13,17-18,20-21,23-24,27,30,34,36,44-45H,3-4,6,8-10,12,14-16,19,22,25-26,28-29,31-33,35,37-43,49H2,1-2H3,(H,52,53)(H,54,55)/b7-5+,13-11+,18-17+,21-20+,24-23+,30-27+,36-34+/t44?,45-/m0/s1. The van der Waals surface area contributed by atoms with Crippen molar-refractivity contribution >= 4 is 25.7 Å². The first kappa shape index (κ1) is 56.7. The Morgan fingerprint density at radius 1 is 0.533 bits per heavy atom. The Morgan fingerprint density at radius 2 is 0.967 bits per heavy atom. The van der Waals surface area contributed by atoms with Gasteiger partial charge in [-0.05, 0) is 77.0 Å². The van der Waals surface area contributed by atoms with Crippen LogP contribution in [0.4, 0.5) is 0 Å². The highest BCUT2D eigenvalue weighted by atomic mass is 31.2. The summed E-state index contributed by atoms with van der Waals surface area (Å²) in [7, 11) is -4.74. The van der Waals surface area contributed by atoms with Crippen LogP contribution in [0.2, 0.25) is 0 Å². The highest BCUT2D eigenvalue weighted by Crippen LogP contribution is 2.43. The summed E-state index contributed by atoms with van der Waals surface area (Å²) in [5.41, 5.74) is 5.33. The van der Waals surface area contributed by atoms with Gasteiger partial charge in [-0.3, -0.25) is 23.4 Å². The lowest BCUT2D eigenvalue weighted by Crippen LogP contribution is -2.34. The fourth-order valence-electron chi connectivity index (χ4n) is 5.61. The topological polar surface area (TPSA) is 172 Å². The third-order valence-corrected chi connectivity index (χ3v) is 10.1. The van der Waals surface area contributed by atoms with Gasteiger partial charge in [0.1, 0.15) is 12.6 Å². The fourth-order valence-corrected chi connectivity index (χ4v) is 6.39. The molecule has 0 fully saturated rings. The molecule has 60 heavy (non-hydrogen) atoms. The molecule has 0 saturated carbocycles. The number of esters is 2. The Labute approximate surface area is 362 Å². The fraction of sp³-hybridized carbons (Fsp3) is 0.646. The van der Waals surface area contributed by atoms with Crippen molar-refractivity contribution in [1.29, 1.82) is 0 Å². The third kappa shape index (κ3) is 41.4. The van der Waals surface area contributed by atoms with E-state index in [2.05, 4.69) is 91.3 Å². The first-order chi connectivity index (χ1) is 29.1. The predicted molar refractivity (Wildman–Crippen MR) is 244 cm³/mol. The summed E-state index contributed by atoms with van der Waals surface area (Å²) in [6.45, 7) is 2.59. The molecule has 4 N–H and O–H groups in total. The Balaban J connectivity index is 4.37. The molecule has 0 aliphatic rings. The maximum Gasteiger partial charge on any atom is 0.472 e. The molecule has 0 amide bonds. The van der Waals surface area contributed by atoms with Crippen molar-refractivity contribution in [2.75, 3.05) is 19.8 Å². The monoisotopic (exact) mass is 862 g/mol. The van der Waals surface area contributed by atoms with Crippen LogP contribution in [-0.4, -0.2) is 59.9 Å². The number of nitrogens with two attached hydrogens (primary N) is 1. The van der Waals surface area contributed by atoms with E-state index >= 15 is 0 Å². The van der Waals surface area contributed by atoms with E-state index in [-0.39, 0.29) is 19.4 Å². The zero-order valence-electron chi connectivity index (χ0n) is 37.0. The number of hydrogen-bond acceptors (Lipinski definition) is 9. The second kappa shape index (κ2) is 42.4. The molecule has 0 aromatic rings. The first-order valence-electron chi connectivity index (χ1n) is 22.6. The summed E-state index contributed by atoms with van der Waals surface area (Å²) in [6.07, 6.45) is 52.4. The van der Waals surface area contributed by atoms with E-state index in [1.54, 1.807) is 0 Å². The number of unbranched alkanes of at least 4 members (excludes halogenated alkanes) is 13. The normalized spacial score (nSPS) is 14.5. The smallest absolute Gasteiger partial charge is 0.472 e. The molecule has 11 nitrogen and oxygen atoms in total. The maximum absolute atomic E-state index is 12.6. The summed E-state index contributed by atoms with van der Waals surface area (Å²) >= 11 is 0. The van der Waals surface area contributed by atoms with Gasteiger partial charge in [0, 0.05) is 12.8 Å². The van der Waals surface area contributed by atoms with Crippen molar-refractivity contribution in [3.05, 3.63) is 85.1 Å². The number of phosphoric ester groups is 1. The Morgan fingerprint density at radius 3 is 1.47 bits per heavy atom. The Kier molecular flexibility index (Phi) is 40.0. The van der Waals surface area contributed by atoms with Gasteiger partial charge in [0.05, 0.1) is 13.2 Å². The molecular formula is C48H80NO10P. The molecule has 0 saturated heterocycles. The molecule has 0 bridgehead atoms. The van der Waals surface area contributed by atoms with E-state index < -0.39 is 51.1 Å². The lowest BCUT2D eigenvalue weighted by molar-refractivity contribution is -0.161. The highest BCUT2D eigenvalue weighted by Gasteiger charge is 2.28. The summed E-state index contributed by atoms with van der Waals surface area (Å²) in [5.74, 6) is -2.49. The van der Waals surface area contributed by atoms with Crippen LogP contribution >= 0.6 is 7.82 Å². The molecule has 0 spiro atoms. The van der Waals surface area contributed by atoms with Crippen LogP contribution in [0.15, 0.2) is 85.1 Å². The van der Waals surface area contributed by atoms with Gasteiger partial charge in [-0.25, -0.2) is 4.57 Å². The van der Waals surface area contributed by atoms with E-state index in [4.69, 9.17) is 24.8 Å². The number of carbonyl (C=O) groups is 3. The van der Waals surface area contributed by atoms with E-state index in [1.165, 1.54) is 44.9 Å². The number of carboxylic acids is 1. The Hall–Kier alpha value is -3.34. The lowest BCUT2D eigenvalue weighted by atomic mass is 10.1. The SMILES string of the molecule is CC/C=C/C/C=C/C/C=C/C/C=C/C/C=C/CCCCCCCCCC(=O)OCC(COP(=O)(O)OC[C@H](N)C(=O)O)OC(=O)CC/C=C/C/C=C/CCCCCCCC. The minimum absolute atomic E-state index is 0.0482. The molecule has 3 atom stereocenters. The number of carbonyl (C=O) groups excluding carboxylic acids is 2. The quantitative estimate of drug-likeness (QED) is 0.0231. The predicted octanol–water partition coefficient (Wildman–Crippen LogP) is 12.3. The molecule has 0 heterocycles. The van der Waals surface area contributed by atoms with Crippen LogP contribution in [0.3, 0.4) is 0 Å². The van der Waals surface area contributed by atoms with Gasteiger partial charge in [-0.1, -0.05) is 163 Å². The van der Waals surface area contributed by atoms with E-state index in [1.807, 2.05) is 12.2 Å². The molecule has 0 radical (unpaired) electrons. The van der Waals surface area contributed by atoms with Crippen LogP contribution in [0.25, 0.3) is 0 Å². The summed E-state index contributed by atoms with van der Waals surface area (Å²) < 4.78 is 32.6. The summed E-state index contributed by atoms with van der Waals surface area (Å²) in [5, 5.41) is 8.89. The van der Waals surface area contributed by atoms with E-state index in [0.29, 0.717) is 12.8 Å². The molecule has 2 unspecified atom stereocenters. The first-order valence-corrected chi connectivity index (χ1v) is 24.1. The van der Waals surface area contributed by atoms with Crippen molar-refractivity contribution in [3.63, 3.8) is 0 Å². The number of ether oxygens (including phenoxy) is 2. The number of carboxylic acid groups (broad SMARTS) is 1. The van der Waals surface area contributed by atoms with Gasteiger partial charge in [0.15, 0.2) is 6.10 Å². The molecule has 0 rings (SSSR count). The van der Waals surface area contributed by atoms with Gasteiger partial charge >= 0.3 is 25.7 Å². The van der Waals surface area contributed by atoms with Crippen molar-refractivity contribution in [2.24, 2.45) is 5.73 Å². The van der Waals surface area contributed by atoms with Gasteiger partial charge in [-0.15, -0.1) is 0 Å². The maximum atomic E-state index is 12.6. The average Bonchev–Trinajstić information content (AvgIpc) is 3.22. The average molecular weight is 862 g/mol. The van der Waals surface area contributed by atoms with Crippen molar-refractivity contribution in [2.45, 2.75) is 180 Å². The second-order valence-electron chi connectivity index (χ2n) is 14.8. The summed E-state index contributed by atoms with van der Waals surface area (Å²) in [6, 6.07) is -1.53. The number of phosphoric acid groups is 1. The van der Waals surface area contributed by atoms with Crippen LogP contribution in [-0.2, 0) is 37.5 Å². The minimum atomic E-state index is -4.74. The molecule has 0 aliphatic heterocycles. The largest absolute Gasteiger partial charge is 0.480 e. The van der Waals surface area contributed by atoms with Gasteiger partial charge in [-0.2, -0.15) is 0 Å². The van der Waals surface area contributed by atoms with Crippen molar-refractivity contribution < 1.29 is 47.5 Å². The molecule has 0 aromatic carbocycles. The van der Waals surface area contributed by atoms with E-state index in [9.17, 15) is 23.8 Å². The Bertz CT molecular complexity index is 1340. The lowest BCUT2D eigenvalue weighted by Gasteiger charge is -2.20. The molecular weight excluding hydrogens is 781 g/mol. The van der Waals surface area contributed by atoms with Gasteiger partial charge in [0.25, 0.3) is 0 Å². The molecule has 0 aliphatic carbocycles. The highest BCUT2D eigenvalue weighted by molar-refractivity contribution is 7.47. The molecule has 342 valence electrons. The van der Waals surface area contributed by atoms with Crippen molar-refractivity contribution in [3.8, 4) is 0 Å². The van der Waals surface area contributed by atoms with E-state index in [0.717, 1.165) is 83.5 Å². The number of aliphatic carboxylic acids is 1. The van der Waals surface area contributed by atoms with Gasteiger partial charge < -0.3 is 25.2 Å². The zero-order chi connectivity index (χ0) is 44.2. The van der Waals surface area contributed by atoms with Crippen molar-refractivity contribution in [1.82, 2.24) is 0 Å². The third-order valence-electron chi connectivity index (χ3n) is 9.14. The molecule has 12 heteroatoms. The zero-order valence-corrected chi connectivity index (χ0v) is 37.9. The molecule has 0 aromatic heterocycles. The van der Waals surface area contributed by atoms with Gasteiger partial charge in [0.2, 0.25) is 0 Å². The second-order valence-corrected chi connectivity index (χ2v) is 16.2.